The minimum atomic E-state index is -0.639. The van der Waals surface area contributed by atoms with Crippen molar-refractivity contribution in [1.29, 1.82) is 0 Å². The Morgan fingerprint density at radius 2 is 2.07 bits per heavy atom. The van der Waals surface area contributed by atoms with Crippen LogP contribution in [-0.4, -0.2) is 43.7 Å². The zero-order chi connectivity index (χ0) is 20.2. The summed E-state index contributed by atoms with van der Waals surface area (Å²) < 4.78 is 16.2. The molecule has 1 amide bonds. The highest BCUT2D eigenvalue weighted by Gasteiger charge is 2.29. The molecule has 0 spiro atoms. The molecule has 3 heterocycles. The first-order chi connectivity index (χ1) is 14.2. The summed E-state index contributed by atoms with van der Waals surface area (Å²) in [4.78, 5) is 29.1. The second kappa shape index (κ2) is 8.80. The fourth-order valence-electron chi connectivity index (χ4n) is 3.71. The highest BCUT2D eigenvalue weighted by atomic mass is 32.1. The van der Waals surface area contributed by atoms with E-state index in [9.17, 15) is 9.59 Å². The summed E-state index contributed by atoms with van der Waals surface area (Å²) in [5, 5.41) is 2.69. The first-order valence-corrected chi connectivity index (χ1v) is 10.6. The highest BCUT2D eigenvalue weighted by molar-refractivity contribution is 7.09. The summed E-state index contributed by atoms with van der Waals surface area (Å²) in [7, 11) is 1.52. The van der Waals surface area contributed by atoms with Gasteiger partial charge in [0.15, 0.2) is 11.3 Å². The molecular weight excluding hydrogens is 390 g/mol. The van der Waals surface area contributed by atoms with Crippen LogP contribution in [0.5, 0.6) is 5.75 Å². The van der Waals surface area contributed by atoms with Crippen LogP contribution in [-0.2, 0) is 11.2 Å². The van der Waals surface area contributed by atoms with Gasteiger partial charge in [-0.15, -0.1) is 11.3 Å². The van der Waals surface area contributed by atoms with Gasteiger partial charge in [0.05, 0.1) is 7.11 Å². The number of ether oxygens (including phenoxy) is 2. The monoisotopic (exact) mass is 413 g/mol. The lowest BCUT2D eigenvalue weighted by Gasteiger charge is -2.34. The lowest BCUT2D eigenvalue weighted by molar-refractivity contribution is 0.0292. The second-order valence-corrected chi connectivity index (χ2v) is 8.03. The largest absolute Gasteiger partial charge is 0.493 e. The molecule has 1 saturated heterocycles. The number of hydrogen-bond donors (Lipinski definition) is 0. The number of thiophene rings is 1. The second-order valence-electron chi connectivity index (χ2n) is 7.00. The molecule has 6 nitrogen and oxygen atoms in total. The number of benzene rings is 1. The number of para-hydroxylation sites is 1. The number of amides is 1. The zero-order valence-electron chi connectivity index (χ0n) is 16.3. The molecular formula is C22H23NO5S. The number of carbonyl (C=O) groups excluding carboxylic acids is 1. The molecule has 4 rings (SSSR count). The number of hydrogen-bond acceptors (Lipinski definition) is 6. The Hall–Kier alpha value is -2.64. The minimum absolute atomic E-state index is 0.0524. The van der Waals surface area contributed by atoms with Gasteiger partial charge in [0, 0.05) is 36.1 Å². The van der Waals surface area contributed by atoms with Gasteiger partial charge >= 0.3 is 5.63 Å². The molecule has 1 aliphatic rings. The molecule has 1 aliphatic heterocycles. The summed E-state index contributed by atoms with van der Waals surface area (Å²) in [5.41, 5.74) is -0.226. The van der Waals surface area contributed by atoms with Crippen molar-refractivity contribution in [2.75, 3.05) is 26.9 Å². The molecule has 0 bridgehead atoms. The van der Waals surface area contributed by atoms with Gasteiger partial charge in [-0.25, -0.2) is 4.79 Å². The predicted octanol–water partition coefficient (Wildman–Crippen LogP) is 3.73. The van der Waals surface area contributed by atoms with E-state index in [1.807, 2.05) is 28.5 Å². The normalized spacial score (nSPS) is 14.8. The standard InChI is InChI=1S/C22H23NO5S/c1-26-19-6-2-4-15-14-18(22(25)28-20(15)19)21(24)23(16-8-11-27-12-9-16)10-7-17-5-3-13-29-17/h2-6,13-14,16H,7-12H2,1H3. The third kappa shape index (κ3) is 4.21. The van der Waals surface area contributed by atoms with Crippen molar-refractivity contribution in [2.24, 2.45) is 0 Å². The van der Waals surface area contributed by atoms with Gasteiger partial charge in [-0.2, -0.15) is 0 Å². The Labute approximate surface area is 172 Å². The summed E-state index contributed by atoms with van der Waals surface area (Å²) in [5.74, 6) is 0.185. The fraction of sp³-hybridized carbons (Fsp3) is 0.364. The maximum absolute atomic E-state index is 13.4. The van der Waals surface area contributed by atoms with Gasteiger partial charge < -0.3 is 18.8 Å². The SMILES string of the molecule is COc1cccc2cc(C(=O)N(CCc3cccs3)C3CCOCC3)c(=O)oc12. The summed E-state index contributed by atoms with van der Waals surface area (Å²) in [6, 6.07) is 11.1. The molecule has 2 aromatic heterocycles. The average molecular weight is 413 g/mol. The molecule has 7 heteroatoms. The van der Waals surface area contributed by atoms with E-state index in [2.05, 4.69) is 6.07 Å². The molecule has 0 radical (unpaired) electrons. The molecule has 0 unspecified atom stereocenters. The van der Waals surface area contributed by atoms with Crippen molar-refractivity contribution in [3.05, 3.63) is 62.6 Å². The lowest BCUT2D eigenvalue weighted by Crippen LogP contribution is -2.45. The molecule has 1 fully saturated rings. The van der Waals surface area contributed by atoms with Crippen LogP contribution >= 0.6 is 11.3 Å². The van der Waals surface area contributed by atoms with Crippen molar-refractivity contribution in [1.82, 2.24) is 4.90 Å². The zero-order valence-corrected chi connectivity index (χ0v) is 17.1. The maximum atomic E-state index is 13.4. The van der Waals surface area contributed by atoms with Gasteiger partial charge in [0.25, 0.3) is 5.91 Å². The number of nitrogens with zero attached hydrogens (tertiary/aromatic N) is 1. The molecule has 0 atom stereocenters. The van der Waals surface area contributed by atoms with Crippen LogP contribution < -0.4 is 10.4 Å². The Balaban J connectivity index is 1.67. The smallest absolute Gasteiger partial charge is 0.349 e. The van der Waals surface area contributed by atoms with E-state index in [4.69, 9.17) is 13.9 Å². The van der Waals surface area contributed by atoms with Gasteiger partial charge in [0.1, 0.15) is 5.56 Å². The van der Waals surface area contributed by atoms with Crippen LogP contribution in [0.3, 0.4) is 0 Å². The first-order valence-electron chi connectivity index (χ1n) is 9.69. The van der Waals surface area contributed by atoms with Gasteiger partial charge in [-0.3, -0.25) is 4.79 Å². The quantitative estimate of drug-likeness (QED) is 0.576. The highest BCUT2D eigenvalue weighted by Crippen LogP contribution is 2.25. The van der Waals surface area contributed by atoms with Crippen molar-refractivity contribution in [2.45, 2.75) is 25.3 Å². The van der Waals surface area contributed by atoms with Crippen LogP contribution in [0.2, 0.25) is 0 Å². The van der Waals surface area contributed by atoms with E-state index in [0.29, 0.717) is 36.5 Å². The third-order valence-electron chi connectivity index (χ3n) is 5.25. The molecule has 29 heavy (non-hydrogen) atoms. The van der Waals surface area contributed by atoms with Crippen LogP contribution in [0.4, 0.5) is 0 Å². The van der Waals surface area contributed by atoms with E-state index >= 15 is 0 Å². The van der Waals surface area contributed by atoms with Gasteiger partial charge in [-0.1, -0.05) is 18.2 Å². The topological polar surface area (TPSA) is 69.0 Å². The molecule has 0 saturated carbocycles. The molecule has 3 aromatic rings. The summed E-state index contributed by atoms with van der Waals surface area (Å²) in [6.45, 7) is 1.80. The van der Waals surface area contributed by atoms with Crippen LogP contribution in [0, 0.1) is 0 Å². The van der Waals surface area contributed by atoms with Crippen molar-refractivity contribution < 1.29 is 18.7 Å². The maximum Gasteiger partial charge on any atom is 0.349 e. The van der Waals surface area contributed by atoms with Crippen molar-refractivity contribution in [3.8, 4) is 5.75 Å². The number of carbonyl (C=O) groups is 1. The molecule has 1 aromatic carbocycles. The van der Waals surface area contributed by atoms with E-state index in [1.54, 1.807) is 23.5 Å². The number of fused-ring (bicyclic) bond motifs is 1. The molecule has 152 valence electrons. The Morgan fingerprint density at radius 1 is 1.24 bits per heavy atom. The summed E-state index contributed by atoms with van der Waals surface area (Å²) >= 11 is 1.67. The predicted molar refractivity (Wildman–Crippen MR) is 112 cm³/mol. The van der Waals surface area contributed by atoms with Crippen LogP contribution in [0.1, 0.15) is 28.1 Å². The Kier molecular flexibility index (Phi) is 5.97. The average Bonchev–Trinajstić information content (AvgIpc) is 3.27. The third-order valence-corrected chi connectivity index (χ3v) is 6.18. The first kappa shape index (κ1) is 19.7. The van der Waals surface area contributed by atoms with E-state index in [-0.39, 0.29) is 17.5 Å². The lowest BCUT2D eigenvalue weighted by atomic mass is 10.0. The fourth-order valence-corrected chi connectivity index (χ4v) is 4.41. The van der Waals surface area contributed by atoms with Crippen molar-refractivity contribution >= 4 is 28.2 Å². The van der Waals surface area contributed by atoms with E-state index < -0.39 is 5.63 Å². The Morgan fingerprint density at radius 3 is 2.79 bits per heavy atom. The molecule has 0 aliphatic carbocycles. The van der Waals surface area contributed by atoms with Gasteiger partial charge in [-0.05, 0) is 42.8 Å². The Bertz CT molecular complexity index is 1040. The number of methoxy groups -OCH3 is 1. The van der Waals surface area contributed by atoms with Crippen molar-refractivity contribution in [3.63, 3.8) is 0 Å². The van der Waals surface area contributed by atoms with Crippen LogP contribution in [0.25, 0.3) is 11.0 Å². The minimum Gasteiger partial charge on any atom is -0.493 e. The van der Waals surface area contributed by atoms with Crippen LogP contribution in [0.15, 0.2) is 51.0 Å². The van der Waals surface area contributed by atoms with E-state index in [0.717, 1.165) is 19.3 Å². The van der Waals surface area contributed by atoms with Gasteiger partial charge in [0.2, 0.25) is 0 Å². The molecule has 0 N–H and O–H groups in total. The summed E-state index contributed by atoms with van der Waals surface area (Å²) in [6.07, 6.45) is 2.29. The number of rotatable bonds is 6. The van der Waals surface area contributed by atoms with E-state index in [1.165, 1.54) is 12.0 Å².